The number of benzene rings is 1. The van der Waals surface area contributed by atoms with E-state index in [4.69, 9.17) is 5.11 Å². The molecule has 4 heteroatoms. The van der Waals surface area contributed by atoms with E-state index in [1.54, 1.807) is 18.1 Å². The van der Waals surface area contributed by atoms with Gasteiger partial charge in [0.2, 0.25) is 0 Å². The van der Waals surface area contributed by atoms with E-state index in [-0.39, 0.29) is 6.54 Å². The van der Waals surface area contributed by atoms with Crippen LogP contribution in [0.2, 0.25) is 0 Å². The van der Waals surface area contributed by atoms with Crippen LogP contribution in [0.4, 0.5) is 5.69 Å². The van der Waals surface area contributed by atoms with E-state index in [1.165, 1.54) is 0 Å². The molecule has 0 amide bonds. The van der Waals surface area contributed by atoms with E-state index in [9.17, 15) is 4.79 Å². The Hall–Kier alpha value is -2.10. The number of para-hydroxylation sites is 1. The number of hydrogen-bond acceptors (Lipinski definition) is 3. The first-order valence-corrected chi connectivity index (χ1v) is 4.94. The molecule has 0 atom stereocenters. The third-order valence-corrected chi connectivity index (χ3v) is 2.39. The molecule has 0 aliphatic rings. The van der Waals surface area contributed by atoms with Crippen LogP contribution in [0.15, 0.2) is 36.5 Å². The average Bonchev–Trinajstić information content (AvgIpc) is 2.27. The molecule has 1 N–H and O–H groups in total. The molecule has 0 saturated carbocycles. The minimum atomic E-state index is -0.851. The highest BCUT2D eigenvalue weighted by atomic mass is 16.4. The van der Waals surface area contributed by atoms with Crippen molar-refractivity contribution in [1.29, 1.82) is 0 Å². The number of rotatable bonds is 3. The molecule has 1 aromatic heterocycles. The first-order chi connectivity index (χ1) is 7.66. The second-order valence-corrected chi connectivity index (χ2v) is 3.64. The summed E-state index contributed by atoms with van der Waals surface area (Å²) in [5.74, 6) is -0.851. The molecule has 0 bridgehead atoms. The molecule has 0 aliphatic carbocycles. The highest BCUT2D eigenvalue weighted by molar-refractivity contribution is 5.82. The summed E-state index contributed by atoms with van der Waals surface area (Å²) in [5, 5.41) is 9.71. The normalized spacial score (nSPS) is 10.3. The molecular formula is C12H12N2O2. The summed E-state index contributed by atoms with van der Waals surface area (Å²) < 4.78 is 0. The Morgan fingerprint density at radius 3 is 2.94 bits per heavy atom. The molecule has 0 unspecified atom stereocenters. The maximum absolute atomic E-state index is 10.6. The fourth-order valence-electron chi connectivity index (χ4n) is 1.56. The SMILES string of the molecule is CN(CC(=O)O)c1cnc2ccccc2c1. The maximum Gasteiger partial charge on any atom is 0.323 e. The standard InChI is InChI=1S/C12H12N2O2/c1-14(8-12(15)16)10-6-9-4-2-3-5-11(9)13-7-10/h2-7H,8H2,1H3,(H,15,16). The monoisotopic (exact) mass is 216 g/mol. The van der Waals surface area contributed by atoms with Crippen LogP contribution in [0, 0.1) is 0 Å². The van der Waals surface area contributed by atoms with Gasteiger partial charge < -0.3 is 10.0 Å². The summed E-state index contributed by atoms with van der Waals surface area (Å²) in [7, 11) is 1.74. The fraction of sp³-hybridized carbons (Fsp3) is 0.167. The molecule has 16 heavy (non-hydrogen) atoms. The van der Waals surface area contributed by atoms with Crippen LogP contribution < -0.4 is 4.90 Å². The van der Waals surface area contributed by atoms with Gasteiger partial charge in [-0.2, -0.15) is 0 Å². The van der Waals surface area contributed by atoms with Crippen molar-refractivity contribution in [2.45, 2.75) is 0 Å². The number of fused-ring (bicyclic) bond motifs is 1. The van der Waals surface area contributed by atoms with Gasteiger partial charge in [0.05, 0.1) is 17.4 Å². The molecule has 0 spiro atoms. The summed E-state index contributed by atoms with van der Waals surface area (Å²) in [6.07, 6.45) is 1.69. The molecular weight excluding hydrogens is 204 g/mol. The molecule has 2 aromatic rings. The van der Waals surface area contributed by atoms with Crippen LogP contribution in [0.5, 0.6) is 0 Å². The maximum atomic E-state index is 10.6. The highest BCUT2D eigenvalue weighted by Crippen LogP contribution is 2.18. The fourth-order valence-corrected chi connectivity index (χ4v) is 1.56. The number of aliphatic carboxylic acids is 1. The third-order valence-electron chi connectivity index (χ3n) is 2.39. The van der Waals surface area contributed by atoms with Crippen LogP contribution >= 0.6 is 0 Å². The van der Waals surface area contributed by atoms with Gasteiger partial charge in [0.25, 0.3) is 0 Å². The molecule has 2 rings (SSSR count). The number of carbonyl (C=O) groups is 1. The lowest BCUT2D eigenvalue weighted by molar-refractivity contribution is -0.135. The topological polar surface area (TPSA) is 53.4 Å². The van der Waals surface area contributed by atoms with Crippen molar-refractivity contribution < 1.29 is 9.90 Å². The van der Waals surface area contributed by atoms with Crippen LogP contribution in [0.3, 0.4) is 0 Å². The van der Waals surface area contributed by atoms with Gasteiger partial charge >= 0.3 is 5.97 Å². The largest absolute Gasteiger partial charge is 0.480 e. The number of likely N-dealkylation sites (N-methyl/N-ethyl adjacent to an activating group) is 1. The Morgan fingerprint density at radius 2 is 2.19 bits per heavy atom. The minimum absolute atomic E-state index is 0.0278. The number of hydrogen-bond donors (Lipinski definition) is 1. The number of anilines is 1. The molecule has 0 radical (unpaired) electrons. The summed E-state index contributed by atoms with van der Waals surface area (Å²) in [5.41, 5.74) is 1.72. The minimum Gasteiger partial charge on any atom is -0.480 e. The van der Waals surface area contributed by atoms with Crippen LogP contribution in [0.1, 0.15) is 0 Å². The van der Waals surface area contributed by atoms with Gasteiger partial charge in [-0.3, -0.25) is 9.78 Å². The summed E-state index contributed by atoms with van der Waals surface area (Å²) in [4.78, 5) is 16.5. The van der Waals surface area contributed by atoms with Crippen molar-refractivity contribution in [3.05, 3.63) is 36.5 Å². The van der Waals surface area contributed by atoms with Crippen LogP contribution in [0.25, 0.3) is 10.9 Å². The lowest BCUT2D eigenvalue weighted by atomic mass is 10.2. The van der Waals surface area contributed by atoms with Crippen LogP contribution in [-0.2, 0) is 4.79 Å². The van der Waals surface area contributed by atoms with Gasteiger partial charge in [-0.15, -0.1) is 0 Å². The molecule has 4 nitrogen and oxygen atoms in total. The van der Waals surface area contributed by atoms with Crippen molar-refractivity contribution in [2.75, 3.05) is 18.5 Å². The zero-order valence-electron chi connectivity index (χ0n) is 8.92. The van der Waals surface area contributed by atoms with E-state index in [1.807, 2.05) is 30.3 Å². The number of aromatic nitrogens is 1. The second-order valence-electron chi connectivity index (χ2n) is 3.64. The molecule has 0 saturated heterocycles. The summed E-state index contributed by atoms with van der Waals surface area (Å²) in [6, 6.07) is 9.68. The predicted octanol–water partition coefficient (Wildman–Crippen LogP) is 1.76. The Labute approximate surface area is 93.1 Å². The number of carboxylic acids is 1. The van der Waals surface area contributed by atoms with Crippen molar-refractivity contribution in [3.8, 4) is 0 Å². The number of pyridine rings is 1. The van der Waals surface area contributed by atoms with E-state index in [0.29, 0.717) is 0 Å². The lowest BCUT2D eigenvalue weighted by Gasteiger charge is -2.16. The predicted molar refractivity (Wildman–Crippen MR) is 62.6 cm³/mol. The van der Waals surface area contributed by atoms with Crippen molar-refractivity contribution in [3.63, 3.8) is 0 Å². The molecule has 82 valence electrons. The molecule has 1 heterocycles. The first-order valence-electron chi connectivity index (χ1n) is 4.94. The van der Waals surface area contributed by atoms with Gasteiger partial charge in [-0.1, -0.05) is 18.2 Å². The number of nitrogens with zero attached hydrogens (tertiary/aromatic N) is 2. The van der Waals surface area contributed by atoms with Crippen molar-refractivity contribution >= 4 is 22.6 Å². The van der Waals surface area contributed by atoms with E-state index in [0.717, 1.165) is 16.6 Å². The Kier molecular flexibility index (Phi) is 2.72. The van der Waals surface area contributed by atoms with Crippen LogP contribution in [-0.4, -0.2) is 29.7 Å². The van der Waals surface area contributed by atoms with E-state index in [2.05, 4.69) is 4.98 Å². The number of carboxylic acid groups (broad SMARTS) is 1. The zero-order chi connectivity index (χ0) is 11.5. The second kappa shape index (κ2) is 4.18. The zero-order valence-corrected chi connectivity index (χ0v) is 8.92. The highest BCUT2D eigenvalue weighted by Gasteiger charge is 2.06. The van der Waals surface area contributed by atoms with Gasteiger partial charge in [-0.05, 0) is 12.1 Å². The third kappa shape index (κ3) is 2.11. The van der Waals surface area contributed by atoms with E-state index >= 15 is 0 Å². The van der Waals surface area contributed by atoms with Crippen molar-refractivity contribution in [1.82, 2.24) is 4.98 Å². The van der Waals surface area contributed by atoms with Crippen molar-refractivity contribution in [2.24, 2.45) is 0 Å². The van der Waals surface area contributed by atoms with Gasteiger partial charge in [-0.25, -0.2) is 0 Å². The Bertz CT molecular complexity index is 525. The first kappa shape index (κ1) is 10.4. The Balaban J connectivity index is 2.35. The lowest BCUT2D eigenvalue weighted by Crippen LogP contribution is -2.25. The van der Waals surface area contributed by atoms with Gasteiger partial charge in [0.15, 0.2) is 0 Å². The summed E-state index contributed by atoms with van der Waals surface area (Å²) in [6.45, 7) is -0.0278. The quantitative estimate of drug-likeness (QED) is 0.849. The Morgan fingerprint density at radius 1 is 1.44 bits per heavy atom. The van der Waals surface area contributed by atoms with E-state index < -0.39 is 5.97 Å². The molecule has 0 fully saturated rings. The average molecular weight is 216 g/mol. The van der Waals surface area contributed by atoms with Gasteiger partial charge in [0, 0.05) is 12.4 Å². The van der Waals surface area contributed by atoms with Gasteiger partial charge in [0.1, 0.15) is 6.54 Å². The molecule has 1 aromatic carbocycles. The smallest absolute Gasteiger partial charge is 0.323 e. The summed E-state index contributed by atoms with van der Waals surface area (Å²) >= 11 is 0. The molecule has 0 aliphatic heterocycles.